The topological polar surface area (TPSA) is 101 Å². The Balaban J connectivity index is 2.25. The molecule has 0 fully saturated rings. The number of aliphatic carboxylic acids is 1. The summed E-state index contributed by atoms with van der Waals surface area (Å²) in [7, 11) is -2.20. The van der Waals surface area contributed by atoms with Crippen LogP contribution in [0.4, 0.5) is 0 Å². The quantitative estimate of drug-likeness (QED) is 0.827. The lowest BCUT2D eigenvalue weighted by Gasteiger charge is -2.14. The van der Waals surface area contributed by atoms with Gasteiger partial charge in [0, 0.05) is 18.1 Å². The highest BCUT2D eigenvalue weighted by atomic mass is 32.2. The number of carboxylic acids is 1. The Morgan fingerprint density at radius 3 is 2.85 bits per heavy atom. The Kier molecular flexibility index (Phi) is 4.21. The number of sulfonamides is 1. The van der Waals surface area contributed by atoms with Crippen LogP contribution in [-0.2, 0) is 21.9 Å². The molecule has 0 aliphatic heterocycles. The number of rotatable bonds is 6. The van der Waals surface area contributed by atoms with E-state index < -0.39 is 22.0 Å². The number of carbonyl (C=O) groups is 1. The van der Waals surface area contributed by atoms with Crippen LogP contribution in [-0.4, -0.2) is 29.0 Å². The first-order valence-corrected chi connectivity index (χ1v) is 8.00. The zero-order valence-corrected chi connectivity index (χ0v) is 12.2. The van der Waals surface area contributed by atoms with E-state index in [0.717, 1.165) is 0 Å². The molecule has 108 valence electrons. The van der Waals surface area contributed by atoms with Crippen molar-refractivity contribution in [2.75, 3.05) is 0 Å². The lowest BCUT2D eigenvalue weighted by molar-refractivity contribution is -0.137. The van der Waals surface area contributed by atoms with Crippen LogP contribution in [0.3, 0.4) is 0 Å². The van der Waals surface area contributed by atoms with Gasteiger partial charge < -0.3 is 9.67 Å². The molecule has 0 aliphatic carbocycles. The first kappa shape index (κ1) is 14.7. The van der Waals surface area contributed by atoms with Crippen molar-refractivity contribution in [3.8, 4) is 0 Å². The van der Waals surface area contributed by atoms with E-state index in [1.165, 1.54) is 28.4 Å². The van der Waals surface area contributed by atoms with Gasteiger partial charge in [0.1, 0.15) is 0 Å². The summed E-state index contributed by atoms with van der Waals surface area (Å²) in [4.78, 5) is 15.3. The van der Waals surface area contributed by atoms with E-state index in [1.807, 2.05) is 0 Å². The highest BCUT2D eigenvalue weighted by Gasteiger charge is 2.25. The van der Waals surface area contributed by atoms with Crippen molar-refractivity contribution >= 4 is 27.3 Å². The third-order valence-corrected chi connectivity index (χ3v) is 4.86. The first-order chi connectivity index (χ1) is 9.38. The van der Waals surface area contributed by atoms with Gasteiger partial charge in [0.2, 0.25) is 0 Å². The lowest BCUT2D eigenvalue weighted by Crippen LogP contribution is -2.30. The molecule has 0 aliphatic rings. The number of carboxylic acid groups (broad SMARTS) is 1. The Bertz CT molecular complexity index is 691. The van der Waals surface area contributed by atoms with E-state index in [2.05, 4.69) is 9.71 Å². The first-order valence-electron chi connectivity index (χ1n) is 5.64. The number of aryl methyl sites for hydroxylation is 1. The summed E-state index contributed by atoms with van der Waals surface area (Å²) in [6.45, 7) is 0. The molecule has 0 saturated carbocycles. The van der Waals surface area contributed by atoms with Crippen LogP contribution in [0.15, 0.2) is 35.1 Å². The number of thiophene rings is 1. The Labute approximate surface area is 119 Å². The zero-order valence-electron chi connectivity index (χ0n) is 10.6. The van der Waals surface area contributed by atoms with Crippen LogP contribution in [0.5, 0.6) is 0 Å². The summed E-state index contributed by atoms with van der Waals surface area (Å²) >= 11 is 1.30. The summed E-state index contributed by atoms with van der Waals surface area (Å²) < 4.78 is 28.2. The van der Waals surface area contributed by atoms with E-state index in [9.17, 15) is 13.2 Å². The van der Waals surface area contributed by atoms with Crippen molar-refractivity contribution in [3.63, 3.8) is 0 Å². The van der Waals surface area contributed by atoms with Crippen molar-refractivity contribution in [3.05, 3.63) is 34.9 Å². The van der Waals surface area contributed by atoms with Crippen molar-refractivity contribution in [2.45, 2.75) is 17.5 Å². The average Bonchev–Trinajstić information content (AvgIpc) is 2.97. The largest absolute Gasteiger partial charge is 0.481 e. The third-order valence-electron chi connectivity index (χ3n) is 2.52. The van der Waals surface area contributed by atoms with Gasteiger partial charge in [-0.05, 0) is 11.4 Å². The molecule has 2 rings (SSSR count). The van der Waals surface area contributed by atoms with Gasteiger partial charge in [-0.25, -0.2) is 18.1 Å². The van der Waals surface area contributed by atoms with E-state index in [-0.39, 0.29) is 11.4 Å². The highest BCUT2D eigenvalue weighted by molar-refractivity contribution is 7.89. The maximum Gasteiger partial charge on any atom is 0.305 e. The minimum atomic E-state index is -3.85. The fraction of sp³-hybridized carbons (Fsp3) is 0.273. The predicted octanol–water partition coefficient (Wildman–Crippen LogP) is 0.976. The monoisotopic (exact) mass is 315 g/mol. The lowest BCUT2D eigenvalue weighted by atomic mass is 10.2. The number of aromatic nitrogens is 2. The molecule has 0 amide bonds. The molecule has 2 heterocycles. The SMILES string of the molecule is Cn1cnc(S(=O)(=O)NC(CC(=O)O)c2cccs2)c1. The van der Waals surface area contributed by atoms with Crippen LogP contribution in [0, 0.1) is 0 Å². The molecule has 7 nitrogen and oxygen atoms in total. The molecular weight excluding hydrogens is 302 g/mol. The van der Waals surface area contributed by atoms with E-state index in [4.69, 9.17) is 5.11 Å². The normalized spacial score (nSPS) is 13.2. The Hall–Kier alpha value is -1.71. The molecule has 0 radical (unpaired) electrons. The minimum Gasteiger partial charge on any atom is -0.481 e. The number of hydrogen-bond donors (Lipinski definition) is 2. The van der Waals surface area contributed by atoms with Gasteiger partial charge in [-0.3, -0.25) is 4.79 Å². The Morgan fingerprint density at radius 2 is 2.35 bits per heavy atom. The highest BCUT2D eigenvalue weighted by Crippen LogP contribution is 2.24. The molecule has 1 unspecified atom stereocenters. The summed E-state index contributed by atoms with van der Waals surface area (Å²) in [5, 5.41) is 10.5. The van der Waals surface area contributed by atoms with Gasteiger partial charge in [-0.15, -0.1) is 11.3 Å². The standard InChI is InChI=1S/C11H13N3O4S2/c1-14-6-10(12-7-14)20(17,18)13-8(5-11(15)16)9-3-2-4-19-9/h2-4,6-8,13H,5H2,1H3,(H,15,16). The van der Waals surface area contributed by atoms with Crippen molar-refractivity contribution in [1.29, 1.82) is 0 Å². The third kappa shape index (κ3) is 3.44. The maximum absolute atomic E-state index is 12.2. The van der Waals surface area contributed by atoms with E-state index >= 15 is 0 Å². The minimum absolute atomic E-state index is 0.132. The molecule has 2 N–H and O–H groups in total. The summed E-state index contributed by atoms with van der Waals surface area (Å²) in [6.07, 6.45) is 2.40. The zero-order chi connectivity index (χ0) is 14.8. The Morgan fingerprint density at radius 1 is 1.60 bits per heavy atom. The molecule has 0 bridgehead atoms. The second kappa shape index (κ2) is 5.73. The summed E-state index contributed by atoms with van der Waals surface area (Å²) in [6, 6.07) is 2.63. The number of nitrogens with zero attached hydrogens (tertiary/aromatic N) is 2. The number of nitrogens with one attached hydrogen (secondary N) is 1. The van der Waals surface area contributed by atoms with Crippen LogP contribution >= 0.6 is 11.3 Å². The van der Waals surface area contributed by atoms with Gasteiger partial charge in [-0.1, -0.05) is 6.07 Å². The van der Waals surface area contributed by atoms with E-state index in [1.54, 1.807) is 24.6 Å². The molecule has 2 aromatic heterocycles. The fourth-order valence-corrected chi connectivity index (χ4v) is 3.69. The summed E-state index contributed by atoms with van der Waals surface area (Å²) in [5.74, 6) is -1.08. The molecule has 9 heteroatoms. The summed E-state index contributed by atoms with van der Waals surface area (Å²) in [5.41, 5.74) is 0. The van der Waals surface area contributed by atoms with Crippen molar-refractivity contribution in [1.82, 2.24) is 14.3 Å². The molecule has 20 heavy (non-hydrogen) atoms. The van der Waals surface area contributed by atoms with Crippen molar-refractivity contribution < 1.29 is 18.3 Å². The molecule has 1 atom stereocenters. The second-order valence-electron chi connectivity index (χ2n) is 4.16. The van der Waals surface area contributed by atoms with Crippen LogP contribution in [0.25, 0.3) is 0 Å². The van der Waals surface area contributed by atoms with E-state index in [0.29, 0.717) is 4.88 Å². The fourth-order valence-electron chi connectivity index (χ4n) is 1.64. The molecule has 0 spiro atoms. The number of imidazole rings is 1. The number of hydrogen-bond acceptors (Lipinski definition) is 5. The van der Waals surface area contributed by atoms with Gasteiger partial charge in [0.25, 0.3) is 10.0 Å². The van der Waals surface area contributed by atoms with Gasteiger partial charge in [0.15, 0.2) is 5.03 Å². The van der Waals surface area contributed by atoms with Crippen LogP contribution in [0.1, 0.15) is 17.3 Å². The second-order valence-corrected chi connectivity index (χ2v) is 6.80. The smallest absolute Gasteiger partial charge is 0.305 e. The molecular formula is C11H13N3O4S2. The van der Waals surface area contributed by atoms with Gasteiger partial charge in [0.05, 0.1) is 18.8 Å². The average molecular weight is 315 g/mol. The predicted molar refractivity (Wildman–Crippen MR) is 72.8 cm³/mol. The molecule has 2 aromatic rings. The molecule has 0 aromatic carbocycles. The van der Waals surface area contributed by atoms with Crippen LogP contribution < -0.4 is 4.72 Å². The van der Waals surface area contributed by atoms with Gasteiger partial charge in [-0.2, -0.15) is 0 Å². The molecule has 0 saturated heterocycles. The van der Waals surface area contributed by atoms with Gasteiger partial charge >= 0.3 is 5.97 Å². The van der Waals surface area contributed by atoms with Crippen molar-refractivity contribution in [2.24, 2.45) is 7.05 Å². The van der Waals surface area contributed by atoms with Crippen LogP contribution in [0.2, 0.25) is 0 Å². The maximum atomic E-state index is 12.2.